The fourth-order valence-electron chi connectivity index (χ4n) is 2.80. The number of morpholine rings is 1. The van der Waals surface area contributed by atoms with Gasteiger partial charge in [-0.05, 0) is 38.4 Å². The van der Waals surface area contributed by atoms with Crippen LogP contribution >= 0.6 is 0 Å². The van der Waals surface area contributed by atoms with Crippen LogP contribution in [0.4, 0.5) is 0 Å². The molecule has 1 aliphatic rings. The number of rotatable bonds is 5. The molecule has 1 aromatic heterocycles. The molecule has 1 fully saturated rings. The Labute approximate surface area is 122 Å². The molecular formula is C16H27N3O. The van der Waals surface area contributed by atoms with Gasteiger partial charge in [0.1, 0.15) is 0 Å². The molecule has 4 heteroatoms. The van der Waals surface area contributed by atoms with E-state index in [1.54, 1.807) is 0 Å². The molecule has 2 heterocycles. The highest BCUT2D eigenvalue weighted by Gasteiger charge is 2.29. The number of aryl methyl sites for hydroxylation is 1. The topological polar surface area (TPSA) is 37.4 Å². The van der Waals surface area contributed by atoms with Gasteiger partial charge in [0.25, 0.3) is 0 Å². The molecule has 20 heavy (non-hydrogen) atoms. The van der Waals surface area contributed by atoms with E-state index < -0.39 is 0 Å². The van der Waals surface area contributed by atoms with Crippen molar-refractivity contribution in [2.45, 2.75) is 45.9 Å². The van der Waals surface area contributed by atoms with Gasteiger partial charge in [0.15, 0.2) is 0 Å². The fourth-order valence-corrected chi connectivity index (χ4v) is 2.80. The lowest BCUT2D eigenvalue weighted by molar-refractivity contribution is -0.0559. The molecule has 1 saturated heterocycles. The molecule has 0 aromatic carbocycles. The number of hydrogen-bond donors (Lipinski definition) is 1. The summed E-state index contributed by atoms with van der Waals surface area (Å²) in [5.74, 6) is 0. The summed E-state index contributed by atoms with van der Waals surface area (Å²) in [6, 6.07) is 2.99. The predicted molar refractivity (Wildman–Crippen MR) is 81.8 cm³/mol. The SMILES string of the molecule is CCNC(c1cncc(C)c1)C1CN(C(C)C)CCO1. The average Bonchev–Trinajstić information content (AvgIpc) is 2.45. The third-order valence-electron chi connectivity index (χ3n) is 3.91. The van der Waals surface area contributed by atoms with Crippen LogP contribution < -0.4 is 5.32 Å². The van der Waals surface area contributed by atoms with E-state index in [2.05, 4.69) is 49.0 Å². The van der Waals surface area contributed by atoms with Gasteiger partial charge in [-0.25, -0.2) is 0 Å². The van der Waals surface area contributed by atoms with Crippen molar-refractivity contribution in [3.05, 3.63) is 29.6 Å². The van der Waals surface area contributed by atoms with Crippen LogP contribution in [-0.2, 0) is 4.74 Å². The van der Waals surface area contributed by atoms with Gasteiger partial charge in [-0.1, -0.05) is 13.0 Å². The van der Waals surface area contributed by atoms with Crippen molar-refractivity contribution in [1.82, 2.24) is 15.2 Å². The van der Waals surface area contributed by atoms with Crippen LogP contribution in [0, 0.1) is 6.92 Å². The Kier molecular flexibility index (Phi) is 5.52. The van der Waals surface area contributed by atoms with Gasteiger partial charge in [-0.3, -0.25) is 9.88 Å². The zero-order valence-electron chi connectivity index (χ0n) is 13.1. The van der Waals surface area contributed by atoms with Crippen LogP contribution in [0.25, 0.3) is 0 Å². The Balaban J connectivity index is 2.15. The number of hydrogen-bond acceptors (Lipinski definition) is 4. The van der Waals surface area contributed by atoms with Crippen LogP contribution in [0.15, 0.2) is 18.5 Å². The van der Waals surface area contributed by atoms with Crippen molar-refractivity contribution in [3.8, 4) is 0 Å². The number of likely N-dealkylation sites (N-methyl/N-ethyl adjacent to an activating group) is 1. The van der Waals surface area contributed by atoms with Crippen molar-refractivity contribution >= 4 is 0 Å². The minimum Gasteiger partial charge on any atom is -0.374 e. The van der Waals surface area contributed by atoms with Gasteiger partial charge in [0, 0.05) is 31.5 Å². The van der Waals surface area contributed by atoms with Crippen molar-refractivity contribution in [2.75, 3.05) is 26.2 Å². The molecular weight excluding hydrogens is 250 g/mol. The van der Waals surface area contributed by atoms with Crippen LogP contribution in [0.1, 0.15) is 37.9 Å². The van der Waals surface area contributed by atoms with Gasteiger partial charge < -0.3 is 10.1 Å². The second-order valence-electron chi connectivity index (χ2n) is 5.83. The van der Waals surface area contributed by atoms with Crippen molar-refractivity contribution in [1.29, 1.82) is 0 Å². The first-order valence-corrected chi connectivity index (χ1v) is 7.62. The zero-order chi connectivity index (χ0) is 14.5. The van der Waals surface area contributed by atoms with E-state index in [4.69, 9.17) is 4.74 Å². The lowest BCUT2D eigenvalue weighted by atomic mass is 10.00. The molecule has 1 aliphatic heterocycles. The number of pyridine rings is 1. The first-order valence-electron chi connectivity index (χ1n) is 7.62. The smallest absolute Gasteiger partial charge is 0.0897 e. The second kappa shape index (κ2) is 7.16. The summed E-state index contributed by atoms with van der Waals surface area (Å²) in [6.45, 7) is 12.5. The molecule has 4 nitrogen and oxygen atoms in total. The fraction of sp³-hybridized carbons (Fsp3) is 0.688. The third kappa shape index (κ3) is 3.78. The largest absolute Gasteiger partial charge is 0.374 e. The standard InChI is InChI=1S/C16H27N3O/c1-5-18-16(14-8-13(4)9-17-10-14)15-11-19(12(2)3)6-7-20-15/h8-10,12,15-16,18H,5-7,11H2,1-4H3. The molecule has 112 valence electrons. The molecule has 0 amide bonds. The summed E-state index contributed by atoms with van der Waals surface area (Å²) in [5, 5.41) is 3.56. The van der Waals surface area contributed by atoms with Crippen molar-refractivity contribution in [2.24, 2.45) is 0 Å². The van der Waals surface area contributed by atoms with E-state index >= 15 is 0 Å². The van der Waals surface area contributed by atoms with Crippen LogP contribution in [0.2, 0.25) is 0 Å². The maximum absolute atomic E-state index is 6.04. The molecule has 1 aromatic rings. The lowest BCUT2D eigenvalue weighted by Crippen LogP contribution is -2.50. The average molecular weight is 277 g/mol. The minimum absolute atomic E-state index is 0.190. The Bertz CT molecular complexity index is 422. The van der Waals surface area contributed by atoms with E-state index in [0.29, 0.717) is 6.04 Å². The van der Waals surface area contributed by atoms with E-state index in [9.17, 15) is 0 Å². The van der Waals surface area contributed by atoms with E-state index in [0.717, 1.165) is 26.2 Å². The predicted octanol–water partition coefficient (Wildman–Crippen LogP) is 2.15. The molecule has 2 atom stereocenters. The maximum atomic E-state index is 6.04. The molecule has 0 radical (unpaired) electrons. The highest BCUT2D eigenvalue weighted by Crippen LogP contribution is 2.23. The number of nitrogens with zero attached hydrogens (tertiary/aromatic N) is 2. The molecule has 0 saturated carbocycles. The van der Waals surface area contributed by atoms with Crippen LogP contribution in [-0.4, -0.2) is 48.3 Å². The minimum atomic E-state index is 0.190. The molecule has 0 aliphatic carbocycles. The molecule has 0 bridgehead atoms. The summed E-state index contributed by atoms with van der Waals surface area (Å²) < 4.78 is 6.04. The zero-order valence-corrected chi connectivity index (χ0v) is 13.1. The number of ether oxygens (including phenoxy) is 1. The van der Waals surface area contributed by atoms with Crippen molar-refractivity contribution < 1.29 is 4.74 Å². The van der Waals surface area contributed by atoms with Crippen LogP contribution in [0.3, 0.4) is 0 Å². The molecule has 2 rings (SSSR count). The Morgan fingerprint density at radius 3 is 2.90 bits per heavy atom. The first kappa shape index (κ1) is 15.4. The van der Waals surface area contributed by atoms with Crippen LogP contribution in [0.5, 0.6) is 0 Å². The molecule has 0 spiro atoms. The summed E-state index contributed by atoms with van der Waals surface area (Å²) in [7, 11) is 0. The Morgan fingerprint density at radius 1 is 1.45 bits per heavy atom. The van der Waals surface area contributed by atoms with E-state index in [-0.39, 0.29) is 12.1 Å². The summed E-state index contributed by atoms with van der Waals surface area (Å²) in [4.78, 5) is 6.82. The first-order chi connectivity index (χ1) is 9.61. The summed E-state index contributed by atoms with van der Waals surface area (Å²) in [6.07, 6.45) is 4.04. The lowest BCUT2D eigenvalue weighted by Gasteiger charge is -2.39. The monoisotopic (exact) mass is 277 g/mol. The van der Waals surface area contributed by atoms with E-state index in [1.165, 1.54) is 11.1 Å². The van der Waals surface area contributed by atoms with Gasteiger partial charge in [-0.15, -0.1) is 0 Å². The summed E-state index contributed by atoms with van der Waals surface area (Å²) >= 11 is 0. The van der Waals surface area contributed by atoms with Gasteiger partial charge >= 0.3 is 0 Å². The van der Waals surface area contributed by atoms with Gasteiger partial charge in [0.2, 0.25) is 0 Å². The molecule has 2 unspecified atom stereocenters. The van der Waals surface area contributed by atoms with E-state index in [1.807, 2.05) is 12.4 Å². The second-order valence-corrected chi connectivity index (χ2v) is 5.83. The summed E-state index contributed by atoms with van der Waals surface area (Å²) in [5.41, 5.74) is 2.42. The Morgan fingerprint density at radius 2 is 2.25 bits per heavy atom. The normalized spacial score (nSPS) is 22.1. The number of aromatic nitrogens is 1. The quantitative estimate of drug-likeness (QED) is 0.895. The van der Waals surface area contributed by atoms with Crippen molar-refractivity contribution in [3.63, 3.8) is 0 Å². The third-order valence-corrected chi connectivity index (χ3v) is 3.91. The highest BCUT2D eigenvalue weighted by atomic mass is 16.5. The van der Waals surface area contributed by atoms with Gasteiger partial charge in [-0.2, -0.15) is 0 Å². The molecule has 1 N–H and O–H groups in total. The van der Waals surface area contributed by atoms with Gasteiger partial charge in [0.05, 0.1) is 18.8 Å². The Hall–Kier alpha value is -0.970. The highest BCUT2D eigenvalue weighted by molar-refractivity contribution is 5.21. The number of nitrogens with one attached hydrogen (secondary N) is 1. The maximum Gasteiger partial charge on any atom is 0.0897 e.